The molecule has 0 aliphatic heterocycles. The third-order valence-corrected chi connectivity index (χ3v) is 4.43. The predicted octanol–water partition coefficient (Wildman–Crippen LogP) is 7.45. The van der Waals surface area contributed by atoms with Crippen LogP contribution in [0.3, 0.4) is 0 Å². The highest BCUT2D eigenvalue weighted by atomic mass is 15.1. The Labute approximate surface area is 158 Å². The largest absolute Gasteiger partial charge is 0.282 e. The van der Waals surface area contributed by atoms with Gasteiger partial charge in [-0.05, 0) is 36.1 Å². The number of H-pyrrole nitrogens is 1. The molecule has 2 nitrogen and oxygen atoms in total. The average molecular weight is 349 g/mol. The number of aromatic amines is 1. The maximum Gasteiger partial charge on any atom is 0.0923 e. The lowest BCUT2D eigenvalue weighted by atomic mass is 9.96. The zero-order chi connectivity index (χ0) is 18.8. The molecule has 1 unspecified atom stereocenters. The number of nitrogens with zero attached hydrogens (tertiary/aromatic N) is 1. The van der Waals surface area contributed by atoms with Gasteiger partial charge in [-0.15, -0.1) is 0 Å². The van der Waals surface area contributed by atoms with Crippen LogP contribution in [-0.2, 0) is 0 Å². The fraction of sp³-hybridized carbons (Fsp3) is 0.375. The van der Waals surface area contributed by atoms with Crippen molar-refractivity contribution in [1.82, 2.24) is 10.2 Å². The molecule has 0 saturated heterocycles. The third-order valence-electron chi connectivity index (χ3n) is 4.43. The van der Waals surface area contributed by atoms with Gasteiger partial charge in [0.15, 0.2) is 0 Å². The minimum absolute atomic E-state index is 0.582. The van der Waals surface area contributed by atoms with Crippen LogP contribution in [0.2, 0.25) is 0 Å². The molecule has 0 aliphatic carbocycles. The van der Waals surface area contributed by atoms with Crippen molar-refractivity contribution < 1.29 is 0 Å². The van der Waals surface area contributed by atoms with E-state index in [0.29, 0.717) is 5.92 Å². The van der Waals surface area contributed by atoms with E-state index in [4.69, 9.17) is 0 Å². The van der Waals surface area contributed by atoms with Crippen LogP contribution in [0.15, 0.2) is 60.7 Å². The molecule has 0 amide bonds. The maximum atomic E-state index is 4.55. The van der Waals surface area contributed by atoms with Crippen molar-refractivity contribution in [3.05, 3.63) is 66.4 Å². The van der Waals surface area contributed by atoms with E-state index in [1.807, 2.05) is 6.07 Å². The summed E-state index contributed by atoms with van der Waals surface area (Å²) < 4.78 is 0. The monoisotopic (exact) mass is 348 g/mol. The summed E-state index contributed by atoms with van der Waals surface area (Å²) in [4.78, 5) is 0. The predicted molar refractivity (Wildman–Crippen MR) is 113 cm³/mol. The summed E-state index contributed by atoms with van der Waals surface area (Å²) in [7, 11) is 0. The Morgan fingerprint density at radius 1 is 0.808 bits per heavy atom. The summed E-state index contributed by atoms with van der Waals surface area (Å²) in [5, 5.41) is 7.80. The molecule has 0 saturated carbocycles. The van der Waals surface area contributed by atoms with E-state index in [9.17, 15) is 0 Å². The second-order valence-electron chi connectivity index (χ2n) is 6.76. The van der Waals surface area contributed by atoms with Crippen LogP contribution in [0.1, 0.15) is 65.0 Å². The summed E-state index contributed by atoms with van der Waals surface area (Å²) in [6.07, 6.45) is 4.82. The summed E-state index contributed by atoms with van der Waals surface area (Å²) >= 11 is 0. The zero-order valence-corrected chi connectivity index (χ0v) is 16.6. The highest BCUT2D eigenvalue weighted by Crippen LogP contribution is 2.29. The van der Waals surface area contributed by atoms with Gasteiger partial charge in [0, 0.05) is 17.2 Å². The van der Waals surface area contributed by atoms with Crippen molar-refractivity contribution in [2.24, 2.45) is 0 Å². The van der Waals surface area contributed by atoms with E-state index in [-0.39, 0.29) is 0 Å². The Kier molecular flexibility index (Phi) is 8.14. The van der Waals surface area contributed by atoms with Crippen molar-refractivity contribution in [3.8, 4) is 22.4 Å². The third kappa shape index (κ3) is 5.32. The summed E-state index contributed by atoms with van der Waals surface area (Å²) in [5.41, 5.74) is 5.93. The number of hydrogen-bond acceptors (Lipinski definition) is 1. The first kappa shape index (κ1) is 20.0. The van der Waals surface area contributed by atoms with Crippen molar-refractivity contribution in [3.63, 3.8) is 0 Å². The van der Waals surface area contributed by atoms with Crippen molar-refractivity contribution >= 4 is 0 Å². The van der Waals surface area contributed by atoms with Gasteiger partial charge in [0.2, 0.25) is 0 Å². The molecule has 1 aromatic heterocycles. The number of rotatable bonds is 6. The Balaban J connectivity index is 0.000000758. The van der Waals surface area contributed by atoms with Gasteiger partial charge >= 0.3 is 0 Å². The second kappa shape index (κ2) is 10.6. The van der Waals surface area contributed by atoms with Gasteiger partial charge in [0.1, 0.15) is 0 Å². The number of hydrogen-bond donors (Lipinski definition) is 1. The lowest BCUT2D eigenvalue weighted by Gasteiger charge is -2.10. The van der Waals surface area contributed by atoms with Crippen LogP contribution in [0.5, 0.6) is 0 Å². The second-order valence-corrected chi connectivity index (χ2v) is 6.76. The normalized spacial score (nSPS) is 11.5. The van der Waals surface area contributed by atoms with Gasteiger partial charge in [-0.1, -0.05) is 89.1 Å². The Morgan fingerprint density at radius 2 is 1.46 bits per heavy atom. The Morgan fingerprint density at radius 3 is 2.12 bits per heavy atom. The lowest BCUT2D eigenvalue weighted by Crippen LogP contribution is -1.96. The maximum absolute atomic E-state index is 4.55. The number of nitrogens with one attached hydrogen (secondary N) is 1. The molecule has 3 rings (SSSR count). The molecule has 0 radical (unpaired) electrons. The SMILES string of the molecule is CCC.CCCC(CC)c1cc(-c2cccc(-c3ccccc3)c2)n[nH]1. The molecule has 138 valence electrons. The summed E-state index contributed by atoms with van der Waals surface area (Å²) in [5.74, 6) is 0.582. The van der Waals surface area contributed by atoms with Crippen LogP contribution >= 0.6 is 0 Å². The quantitative estimate of drug-likeness (QED) is 0.492. The molecule has 2 aromatic carbocycles. The molecular formula is C24H32N2. The lowest BCUT2D eigenvalue weighted by molar-refractivity contribution is 0.579. The molecule has 0 bridgehead atoms. The van der Waals surface area contributed by atoms with Crippen LogP contribution < -0.4 is 0 Å². The summed E-state index contributed by atoms with van der Waals surface area (Å²) in [6, 6.07) is 21.3. The van der Waals surface area contributed by atoms with Gasteiger partial charge in [0.25, 0.3) is 0 Å². The molecule has 26 heavy (non-hydrogen) atoms. The molecular weight excluding hydrogens is 316 g/mol. The van der Waals surface area contributed by atoms with E-state index < -0.39 is 0 Å². The van der Waals surface area contributed by atoms with Crippen LogP contribution in [0.4, 0.5) is 0 Å². The fourth-order valence-electron chi connectivity index (χ4n) is 3.11. The molecule has 2 heteroatoms. The summed E-state index contributed by atoms with van der Waals surface area (Å²) in [6.45, 7) is 8.74. The Hall–Kier alpha value is -2.35. The highest BCUT2D eigenvalue weighted by Gasteiger charge is 2.12. The van der Waals surface area contributed by atoms with Gasteiger partial charge in [-0.2, -0.15) is 5.10 Å². The molecule has 0 aliphatic rings. The van der Waals surface area contributed by atoms with Gasteiger partial charge in [-0.25, -0.2) is 0 Å². The van der Waals surface area contributed by atoms with E-state index in [1.165, 1.54) is 41.6 Å². The molecule has 1 heterocycles. The zero-order valence-electron chi connectivity index (χ0n) is 16.6. The van der Waals surface area contributed by atoms with Crippen molar-refractivity contribution in [1.29, 1.82) is 0 Å². The van der Waals surface area contributed by atoms with Crippen LogP contribution in [0.25, 0.3) is 22.4 Å². The topological polar surface area (TPSA) is 28.7 Å². The van der Waals surface area contributed by atoms with Gasteiger partial charge < -0.3 is 0 Å². The smallest absolute Gasteiger partial charge is 0.0923 e. The first-order valence-corrected chi connectivity index (χ1v) is 9.94. The van der Waals surface area contributed by atoms with E-state index in [0.717, 1.165) is 12.1 Å². The minimum atomic E-state index is 0.582. The molecule has 3 aromatic rings. The molecule has 0 spiro atoms. The molecule has 1 N–H and O–H groups in total. The van der Waals surface area contributed by atoms with E-state index >= 15 is 0 Å². The van der Waals surface area contributed by atoms with Crippen LogP contribution in [-0.4, -0.2) is 10.2 Å². The van der Waals surface area contributed by atoms with Gasteiger partial charge in [-0.3, -0.25) is 5.10 Å². The number of aromatic nitrogens is 2. The van der Waals surface area contributed by atoms with Gasteiger partial charge in [0.05, 0.1) is 5.69 Å². The first-order chi connectivity index (χ1) is 12.7. The Bertz CT molecular complexity index is 759. The highest BCUT2D eigenvalue weighted by molar-refractivity contribution is 5.71. The molecule has 1 atom stereocenters. The standard InChI is InChI=1S/C21H24N2.C3H8/c1-3-9-16(4-2)20-15-21(23-22-20)19-13-8-12-18(14-19)17-10-6-5-7-11-17;1-3-2/h5-8,10-16H,3-4,9H2,1-2H3,(H,22,23);3H2,1-2H3. The van der Waals surface area contributed by atoms with E-state index in [2.05, 4.69) is 92.5 Å². The number of benzene rings is 2. The molecule has 0 fully saturated rings. The average Bonchev–Trinajstić information content (AvgIpc) is 3.17. The fourth-order valence-corrected chi connectivity index (χ4v) is 3.11. The van der Waals surface area contributed by atoms with Crippen molar-refractivity contribution in [2.45, 2.75) is 59.3 Å². The van der Waals surface area contributed by atoms with Crippen molar-refractivity contribution in [2.75, 3.05) is 0 Å². The first-order valence-electron chi connectivity index (χ1n) is 9.94. The van der Waals surface area contributed by atoms with Crippen LogP contribution in [0, 0.1) is 0 Å². The van der Waals surface area contributed by atoms with E-state index in [1.54, 1.807) is 0 Å². The minimum Gasteiger partial charge on any atom is -0.282 e.